The van der Waals surface area contributed by atoms with E-state index < -0.39 is 12.0 Å². The molecule has 5 N–H and O–H groups in total. The van der Waals surface area contributed by atoms with Gasteiger partial charge in [-0.3, -0.25) is 9.59 Å². The number of carbonyl (C=O) groups excluding carboxylic acids is 2. The van der Waals surface area contributed by atoms with Crippen LogP contribution in [0.2, 0.25) is 0 Å². The van der Waals surface area contributed by atoms with E-state index in [2.05, 4.69) is 10.6 Å². The standard InChI is InChI=1S/C16H23N3O4/c17-16(23)19-13-9-7-12(8-10-13)15(22)18-11-5-3-1-2-4-6-14(20)21/h7-10H,1-6,11H2,(H,18,22)(H,20,21)(H3,17,19,23). The number of hydrogen-bond donors (Lipinski definition) is 4. The van der Waals surface area contributed by atoms with Crippen LogP contribution in [-0.2, 0) is 4.79 Å². The van der Waals surface area contributed by atoms with Crippen LogP contribution in [0.3, 0.4) is 0 Å². The molecule has 1 aromatic carbocycles. The molecule has 3 amide bonds. The first kappa shape index (κ1) is 18.5. The Bertz CT molecular complexity index is 529. The Morgan fingerprint density at radius 3 is 2.17 bits per heavy atom. The molecule has 0 saturated heterocycles. The molecule has 0 aromatic heterocycles. The minimum atomic E-state index is -0.755. The van der Waals surface area contributed by atoms with Gasteiger partial charge in [0.05, 0.1) is 0 Å². The Balaban J connectivity index is 2.16. The van der Waals surface area contributed by atoms with E-state index in [1.54, 1.807) is 24.3 Å². The van der Waals surface area contributed by atoms with Crippen LogP contribution in [0.1, 0.15) is 48.9 Å². The number of carboxylic acids is 1. The van der Waals surface area contributed by atoms with E-state index in [-0.39, 0.29) is 12.3 Å². The van der Waals surface area contributed by atoms with Crippen LogP contribution in [-0.4, -0.2) is 29.6 Å². The van der Waals surface area contributed by atoms with Crippen molar-refractivity contribution < 1.29 is 19.5 Å². The topological polar surface area (TPSA) is 122 Å². The molecule has 0 radical (unpaired) electrons. The first-order chi connectivity index (χ1) is 11.0. The number of amides is 3. The number of carboxylic acid groups (broad SMARTS) is 1. The predicted octanol–water partition coefficient (Wildman–Crippen LogP) is 2.33. The third-order valence-electron chi connectivity index (χ3n) is 3.27. The third kappa shape index (κ3) is 8.45. The summed E-state index contributed by atoms with van der Waals surface area (Å²) < 4.78 is 0. The Hall–Kier alpha value is -2.57. The average Bonchev–Trinajstić information content (AvgIpc) is 2.49. The van der Waals surface area contributed by atoms with E-state index in [1.165, 1.54) is 0 Å². The predicted molar refractivity (Wildman–Crippen MR) is 87.3 cm³/mol. The van der Waals surface area contributed by atoms with E-state index in [1.807, 2.05) is 0 Å². The van der Waals surface area contributed by atoms with Crippen LogP contribution in [0, 0.1) is 0 Å². The number of benzene rings is 1. The van der Waals surface area contributed by atoms with E-state index in [4.69, 9.17) is 10.8 Å². The Labute approximate surface area is 135 Å². The van der Waals surface area contributed by atoms with Crippen molar-refractivity contribution in [2.24, 2.45) is 5.73 Å². The molecule has 7 heteroatoms. The average molecular weight is 321 g/mol. The number of unbranched alkanes of at least 4 members (excludes halogenated alkanes) is 4. The lowest BCUT2D eigenvalue weighted by molar-refractivity contribution is -0.137. The molecular weight excluding hydrogens is 298 g/mol. The number of urea groups is 1. The molecule has 1 aromatic rings. The molecule has 0 aliphatic heterocycles. The SMILES string of the molecule is NC(=O)Nc1ccc(C(=O)NCCCCCCCC(=O)O)cc1. The molecular formula is C16H23N3O4. The van der Waals surface area contributed by atoms with Gasteiger partial charge in [-0.1, -0.05) is 19.3 Å². The van der Waals surface area contributed by atoms with Gasteiger partial charge in [-0.25, -0.2) is 4.79 Å². The highest BCUT2D eigenvalue weighted by molar-refractivity contribution is 5.95. The Morgan fingerprint density at radius 2 is 1.57 bits per heavy atom. The second-order valence-corrected chi connectivity index (χ2v) is 5.23. The molecule has 0 aliphatic rings. The largest absolute Gasteiger partial charge is 0.481 e. The maximum Gasteiger partial charge on any atom is 0.316 e. The molecule has 0 heterocycles. The number of aliphatic carboxylic acids is 1. The van der Waals surface area contributed by atoms with Crippen LogP contribution in [0.25, 0.3) is 0 Å². The number of nitrogens with one attached hydrogen (secondary N) is 2. The molecule has 0 fully saturated rings. The van der Waals surface area contributed by atoms with Crippen molar-refractivity contribution in [2.75, 3.05) is 11.9 Å². The molecule has 0 unspecified atom stereocenters. The van der Waals surface area contributed by atoms with Gasteiger partial charge in [-0.05, 0) is 37.1 Å². The van der Waals surface area contributed by atoms with Gasteiger partial charge in [0.25, 0.3) is 5.91 Å². The maximum absolute atomic E-state index is 11.9. The summed E-state index contributed by atoms with van der Waals surface area (Å²) in [6.07, 6.45) is 4.61. The van der Waals surface area contributed by atoms with Crippen molar-refractivity contribution >= 4 is 23.6 Å². The maximum atomic E-state index is 11.9. The van der Waals surface area contributed by atoms with Crippen molar-refractivity contribution in [1.29, 1.82) is 0 Å². The Morgan fingerprint density at radius 1 is 0.957 bits per heavy atom. The molecule has 126 valence electrons. The first-order valence-corrected chi connectivity index (χ1v) is 7.65. The summed E-state index contributed by atoms with van der Waals surface area (Å²) in [4.78, 5) is 32.9. The fraction of sp³-hybridized carbons (Fsp3) is 0.438. The Kier molecular flexibility index (Phi) is 8.20. The van der Waals surface area contributed by atoms with Gasteiger partial charge < -0.3 is 21.5 Å². The van der Waals surface area contributed by atoms with Crippen molar-refractivity contribution in [2.45, 2.75) is 38.5 Å². The quantitative estimate of drug-likeness (QED) is 0.494. The van der Waals surface area contributed by atoms with E-state index in [9.17, 15) is 14.4 Å². The minimum absolute atomic E-state index is 0.165. The summed E-state index contributed by atoms with van der Waals surface area (Å²) in [5, 5.41) is 13.8. The monoisotopic (exact) mass is 321 g/mol. The molecule has 0 bridgehead atoms. The number of primary amides is 1. The normalized spacial score (nSPS) is 10.1. The third-order valence-corrected chi connectivity index (χ3v) is 3.27. The van der Waals surface area contributed by atoms with Crippen molar-refractivity contribution in [3.63, 3.8) is 0 Å². The van der Waals surface area contributed by atoms with Gasteiger partial charge in [-0.15, -0.1) is 0 Å². The number of nitrogens with two attached hydrogens (primary N) is 1. The minimum Gasteiger partial charge on any atom is -0.481 e. The molecule has 0 aliphatic carbocycles. The van der Waals surface area contributed by atoms with E-state index >= 15 is 0 Å². The van der Waals surface area contributed by atoms with Crippen molar-refractivity contribution in [3.8, 4) is 0 Å². The zero-order valence-corrected chi connectivity index (χ0v) is 13.0. The molecule has 0 atom stereocenters. The first-order valence-electron chi connectivity index (χ1n) is 7.65. The molecule has 1 rings (SSSR count). The molecule has 23 heavy (non-hydrogen) atoms. The van der Waals surface area contributed by atoms with Crippen LogP contribution in [0.15, 0.2) is 24.3 Å². The lowest BCUT2D eigenvalue weighted by Gasteiger charge is -2.06. The van der Waals surface area contributed by atoms with Crippen LogP contribution >= 0.6 is 0 Å². The van der Waals surface area contributed by atoms with Crippen molar-refractivity contribution in [1.82, 2.24) is 5.32 Å². The van der Waals surface area contributed by atoms with Crippen LogP contribution in [0.4, 0.5) is 10.5 Å². The summed E-state index contributed by atoms with van der Waals surface area (Å²) in [6, 6.07) is 5.81. The van der Waals surface area contributed by atoms with Gasteiger partial charge in [-0.2, -0.15) is 0 Å². The fourth-order valence-corrected chi connectivity index (χ4v) is 2.08. The lowest BCUT2D eigenvalue weighted by Crippen LogP contribution is -2.24. The van der Waals surface area contributed by atoms with Crippen LogP contribution in [0.5, 0.6) is 0 Å². The van der Waals surface area contributed by atoms with Crippen molar-refractivity contribution in [3.05, 3.63) is 29.8 Å². The van der Waals surface area contributed by atoms with Gasteiger partial charge in [0, 0.05) is 24.2 Å². The van der Waals surface area contributed by atoms with Gasteiger partial charge >= 0.3 is 12.0 Å². The summed E-state index contributed by atoms with van der Waals surface area (Å²) in [6.45, 7) is 0.582. The summed E-state index contributed by atoms with van der Waals surface area (Å²) in [7, 11) is 0. The number of carbonyl (C=O) groups is 3. The number of anilines is 1. The second kappa shape index (κ2) is 10.2. The molecule has 0 spiro atoms. The lowest BCUT2D eigenvalue weighted by atomic mass is 10.1. The number of rotatable bonds is 10. The van der Waals surface area contributed by atoms with Gasteiger partial charge in [0.2, 0.25) is 0 Å². The van der Waals surface area contributed by atoms with Gasteiger partial charge in [0.1, 0.15) is 0 Å². The summed E-state index contributed by atoms with van der Waals surface area (Å²) >= 11 is 0. The van der Waals surface area contributed by atoms with Gasteiger partial charge in [0.15, 0.2) is 0 Å². The highest BCUT2D eigenvalue weighted by Gasteiger charge is 2.05. The van der Waals surface area contributed by atoms with E-state index in [0.717, 1.165) is 25.7 Å². The summed E-state index contributed by atoms with van der Waals surface area (Å²) in [5.41, 5.74) is 6.06. The fourth-order valence-electron chi connectivity index (χ4n) is 2.08. The number of hydrogen-bond acceptors (Lipinski definition) is 3. The molecule has 0 saturated carbocycles. The zero-order valence-electron chi connectivity index (χ0n) is 13.0. The highest BCUT2D eigenvalue weighted by atomic mass is 16.4. The molecule has 7 nitrogen and oxygen atoms in total. The second-order valence-electron chi connectivity index (χ2n) is 5.23. The summed E-state index contributed by atoms with van der Waals surface area (Å²) in [5.74, 6) is -0.921. The highest BCUT2D eigenvalue weighted by Crippen LogP contribution is 2.09. The van der Waals surface area contributed by atoms with E-state index in [0.29, 0.717) is 24.2 Å². The zero-order chi connectivity index (χ0) is 17.1. The van der Waals surface area contributed by atoms with Crippen LogP contribution < -0.4 is 16.4 Å². The smallest absolute Gasteiger partial charge is 0.316 e.